The standard InChI is InChI=1S/C16H34NO2.C2H6O4S/c1-5-9-10-11-12-13-16(18)19-15-14-17(6-2,7-3)8-4;1-2-6-7(3,4)5/h5-15H2,1-4H3;2H2,1H3,(H,3,4,5)/q+1;/p-1. The SMILES string of the molecule is CCCCCCCC(=O)OCC[N+](CC)(CC)CC.CCOS(=O)(=O)[O-]. The second-order valence-corrected chi connectivity index (χ2v) is 7.27. The topological polar surface area (TPSA) is 92.7 Å². The minimum atomic E-state index is -4.42. The normalized spacial score (nSPS) is 11.6. The van der Waals surface area contributed by atoms with Gasteiger partial charge in [-0.25, -0.2) is 8.42 Å². The number of likely N-dealkylation sites (N-methyl/N-ethyl adjacent to an activating group) is 1. The molecule has 0 unspecified atom stereocenters. The largest absolute Gasteiger partial charge is 0.726 e. The number of hydrogen-bond acceptors (Lipinski definition) is 6. The van der Waals surface area contributed by atoms with E-state index in [1.54, 1.807) is 0 Å². The van der Waals surface area contributed by atoms with Crippen LogP contribution in [-0.4, -0.2) is 62.8 Å². The Labute approximate surface area is 160 Å². The van der Waals surface area contributed by atoms with Crippen molar-refractivity contribution in [3.05, 3.63) is 0 Å². The maximum atomic E-state index is 11.6. The molecule has 0 amide bonds. The Balaban J connectivity index is 0. The van der Waals surface area contributed by atoms with Gasteiger partial charge in [-0.1, -0.05) is 32.6 Å². The van der Waals surface area contributed by atoms with Crippen molar-refractivity contribution in [3.63, 3.8) is 0 Å². The lowest BCUT2D eigenvalue weighted by atomic mass is 10.1. The first kappa shape index (κ1) is 27.5. The molecule has 0 saturated heterocycles. The van der Waals surface area contributed by atoms with Gasteiger partial charge in [-0.2, -0.15) is 0 Å². The van der Waals surface area contributed by atoms with Crippen molar-refractivity contribution in [1.82, 2.24) is 0 Å². The Kier molecular flexibility index (Phi) is 17.4. The van der Waals surface area contributed by atoms with Crippen molar-refractivity contribution < 1.29 is 31.2 Å². The molecule has 0 saturated carbocycles. The average Bonchev–Trinajstić information content (AvgIpc) is 2.58. The van der Waals surface area contributed by atoms with Crippen LogP contribution >= 0.6 is 0 Å². The predicted octanol–water partition coefficient (Wildman–Crippen LogP) is 3.25. The van der Waals surface area contributed by atoms with Crippen LogP contribution in [0.25, 0.3) is 0 Å². The molecule has 8 heteroatoms. The lowest BCUT2D eigenvalue weighted by Crippen LogP contribution is -2.49. The number of unbranched alkanes of at least 4 members (excludes halogenated alkanes) is 4. The molecule has 0 spiro atoms. The third-order valence-electron chi connectivity index (χ3n) is 4.59. The fourth-order valence-corrected chi connectivity index (χ4v) is 2.88. The number of quaternary nitrogens is 1. The molecule has 0 atom stereocenters. The monoisotopic (exact) mass is 397 g/mol. The Morgan fingerprint density at radius 1 is 0.923 bits per heavy atom. The summed E-state index contributed by atoms with van der Waals surface area (Å²) in [7, 11) is -4.42. The molecule has 0 aromatic rings. The summed E-state index contributed by atoms with van der Waals surface area (Å²) >= 11 is 0. The van der Waals surface area contributed by atoms with E-state index >= 15 is 0 Å². The zero-order valence-corrected chi connectivity index (χ0v) is 18.1. The van der Waals surface area contributed by atoms with Crippen molar-refractivity contribution in [2.45, 2.75) is 73.1 Å². The first-order valence-corrected chi connectivity index (χ1v) is 11.1. The van der Waals surface area contributed by atoms with E-state index in [0.29, 0.717) is 13.0 Å². The molecule has 0 N–H and O–H groups in total. The molecule has 0 radical (unpaired) electrons. The summed E-state index contributed by atoms with van der Waals surface area (Å²) in [4.78, 5) is 11.6. The van der Waals surface area contributed by atoms with Crippen LogP contribution in [0.5, 0.6) is 0 Å². The van der Waals surface area contributed by atoms with Gasteiger partial charge in [-0.15, -0.1) is 0 Å². The Morgan fingerprint density at radius 3 is 1.85 bits per heavy atom. The zero-order chi connectivity index (χ0) is 20.5. The average molecular weight is 398 g/mol. The van der Waals surface area contributed by atoms with Gasteiger partial charge in [0.25, 0.3) is 0 Å². The van der Waals surface area contributed by atoms with E-state index in [9.17, 15) is 17.8 Å². The van der Waals surface area contributed by atoms with Crippen LogP contribution in [0.3, 0.4) is 0 Å². The van der Waals surface area contributed by atoms with E-state index in [2.05, 4.69) is 31.9 Å². The summed E-state index contributed by atoms with van der Waals surface area (Å²) in [5, 5.41) is 0. The number of nitrogens with zero attached hydrogens (tertiary/aromatic N) is 1. The summed E-state index contributed by atoms with van der Waals surface area (Å²) in [5.41, 5.74) is 0. The van der Waals surface area contributed by atoms with Crippen LogP contribution in [0.1, 0.15) is 73.1 Å². The van der Waals surface area contributed by atoms with Gasteiger partial charge in [0.15, 0.2) is 0 Å². The molecule has 158 valence electrons. The van der Waals surface area contributed by atoms with E-state index in [0.717, 1.165) is 43.5 Å². The van der Waals surface area contributed by atoms with Crippen molar-refractivity contribution in [1.29, 1.82) is 0 Å². The second-order valence-electron chi connectivity index (χ2n) is 6.21. The number of carbonyl (C=O) groups is 1. The highest BCUT2D eigenvalue weighted by atomic mass is 32.3. The number of ether oxygens (including phenoxy) is 1. The van der Waals surface area contributed by atoms with Gasteiger partial charge in [0.2, 0.25) is 10.4 Å². The lowest BCUT2D eigenvalue weighted by Gasteiger charge is -2.35. The molecular formula is C18H39NO6S. The molecule has 0 fully saturated rings. The van der Waals surface area contributed by atoms with Gasteiger partial charge >= 0.3 is 5.97 Å². The summed E-state index contributed by atoms with van der Waals surface area (Å²) in [6.45, 7) is 15.0. The molecule has 0 bridgehead atoms. The maximum Gasteiger partial charge on any atom is 0.305 e. The lowest BCUT2D eigenvalue weighted by molar-refractivity contribution is -0.923. The van der Waals surface area contributed by atoms with Crippen molar-refractivity contribution in [3.8, 4) is 0 Å². The smallest absolute Gasteiger partial charge is 0.305 e. The fourth-order valence-electron chi connectivity index (χ4n) is 2.59. The number of carbonyl (C=O) groups excluding carboxylic acids is 1. The van der Waals surface area contributed by atoms with Crippen molar-refractivity contribution >= 4 is 16.4 Å². The molecule has 0 heterocycles. The molecule has 0 aliphatic rings. The Bertz CT molecular complexity index is 427. The van der Waals surface area contributed by atoms with Crippen molar-refractivity contribution in [2.75, 3.05) is 39.4 Å². The third-order valence-corrected chi connectivity index (χ3v) is 5.11. The third kappa shape index (κ3) is 16.8. The summed E-state index contributed by atoms with van der Waals surface area (Å²) in [5.74, 6) is -0.0158. The fraction of sp³-hybridized carbons (Fsp3) is 0.944. The van der Waals surface area contributed by atoms with E-state index in [1.165, 1.54) is 26.2 Å². The van der Waals surface area contributed by atoms with E-state index in [1.807, 2.05) is 0 Å². The summed E-state index contributed by atoms with van der Waals surface area (Å²) < 4.78 is 38.4. The van der Waals surface area contributed by atoms with Crippen LogP contribution < -0.4 is 0 Å². The minimum absolute atomic E-state index is 0.0158. The molecular weight excluding hydrogens is 358 g/mol. The molecule has 0 aliphatic heterocycles. The molecule has 0 rings (SSSR count). The van der Waals surface area contributed by atoms with Crippen molar-refractivity contribution in [2.24, 2.45) is 0 Å². The van der Waals surface area contributed by atoms with E-state index < -0.39 is 10.4 Å². The van der Waals surface area contributed by atoms with Crippen LogP contribution in [0.4, 0.5) is 0 Å². The van der Waals surface area contributed by atoms with Gasteiger partial charge in [-0.05, 0) is 34.1 Å². The number of esters is 1. The first-order valence-electron chi connectivity index (χ1n) is 9.81. The predicted molar refractivity (Wildman–Crippen MR) is 102 cm³/mol. The van der Waals surface area contributed by atoms with Gasteiger partial charge < -0.3 is 13.8 Å². The molecule has 26 heavy (non-hydrogen) atoms. The summed E-state index contributed by atoms with van der Waals surface area (Å²) in [6, 6.07) is 0. The quantitative estimate of drug-likeness (QED) is 0.147. The molecule has 0 aliphatic carbocycles. The summed E-state index contributed by atoms with van der Waals surface area (Å²) in [6.07, 6.45) is 6.49. The molecule has 7 nitrogen and oxygen atoms in total. The van der Waals surface area contributed by atoms with E-state index in [4.69, 9.17) is 4.74 Å². The van der Waals surface area contributed by atoms with Gasteiger partial charge in [0, 0.05) is 6.42 Å². The highest BCUT2D eigenvalue weighted by Gasteiger charge is 2.20. The second kappa shape index (κ2) is 16.5. The van der Waals surface area contributed by atoms with E-state index in [-0.39, 0.29) is 12.6 Å². The first-order chi connectivity index (χ1) is 12.2. The minimum Gasteiger partial charge on any atom is -0.726 e. The van der Waals surface area contributed by atoms with Crippen LogP contribution in [0, 0.1) is 0 Å². The van der Waals surface area contributed by atoms with Crippen LogP contribution in [-0.2, 0) is 24.1 Å². The van der Waals surface area contributed by atoms with Gasteiger partial charge in [-0.3, -0.25) is 8.98 Å². The van der Waals surface area contributed by atoms with Gasteiger partial charge in [0.1, 0.15) is 13.2 Å². The highest BCUT2D eigenvalue weighted by molar-refractivity contribution is 7.80. The zero-order valence-electron chi connectivity index (χ0n) is 17.3. The molecule has 0 aromatic heterocycles. The number of hydrogen-bond donors (Lipinski definition) is 0. The Morgan fingerprint density at radius 2 is 1.46 bits per heavy atom. The molecule has 0 aromatic carbocycles. The maximum absolute atomic E-state index is 11.6. The Hall–Kier alpha value is -0.700. The van der Waals surface area contributed by atoms with Crippen LogP contribution in [0.2, 0.25) is 0 Å². The number of rotatable bonds is 14. The van der Waals surface area contributed by atoms with Gasteiger partial charge in [0.05, 0.1) is 26.2 Å². The highest BCUT2D eigenvalue weighted by Crippen LogP contribution is 2.07. The van der Waals surface area contributed by atoms with Crippen LogP contribution in [0.15, 0.2) is 0 Å².